The summed E-state index contributed by atoms with van der Waals surface area (Å²) in [4.78, 5) is 11.3. The van der Waals surface area contributed by atoms with Gasteiger partial charge in [0.1, 0.15) is 17.4 Å². The minimum atomic E-state index is -4.87. The van der Waals surface area contributed by atoms with Crippen LogP contribution < -0.4 is 0 Å². The molecule has 1 N–H and O–H groups in total. The molecule has 3 heterocycles. The number of hydrogen-bond acceptors (Lipinski definition) is 5. The van der Waals surface area contributed by atoms with Crippen LogP contribution in [0, 0.1) is 0 Å². The van der Waals surface area contributed by atoms with Crippen molar-refractivity contribution in [2.45, 2.75) is 38.1 Å². The zero-order valence-corrected chi connectivity index (χ0v) is 14.4. The number of fused-ring (bicyclic) bond motifs is 3. The zero-order valence-electron chi connectivity index (χ0n) is 14.4. The molecule has 146 valence electrons. The molecule has 1 saturated heterocycles. The Morgan fingerprint density at radius 2 is 2.19 bits per heavy atom. The maximum Gasteiger partial charge on any atom is 0.421 e. The van der Waals surface area contributed by atoms with Crippen LogP contribution in [0.2, 0.25) is 0 Å². The molecule has 10 heteroatoms. The molecule has 2 aliphatic rings. The fraction of sp³-hybridized carbons (Fsp3) is 0.529. The molecule has 1 aliphatic carbocycles. The minimum Gasteiger partial charge on any atom is -0.475 e. The molecule has 4 rings (SSSR count). The minimum absolute atomic E-state index is 0.00206. The van der Waals surface area contributed by atoms with Crippen LogP contribution in [0.1, 0.15) is 40.3 Å². The van der Waals surface area contributed by atoms with Crippen molar-refractivity contribution in [2.24, 2.45) is 0 Å². The average Bonchev–Trinajstić information content (AvgIpc) is 3.17. The van der Waals surface area contributed by atoms with Crippen molar-refractivity contribution in [3.63, 3.8) is 0 Å². The molecular weight excluding hydrogens is 369 g/mol. The number of carboxylic acids is 1. The summed E-state index contributed by atoms with van der Waals surface area (Å²) in [5.41, 5.74) is -0.806. The summed E-state index contributed by atoms with van der Waals surface area (Å²) in [6.45, 7) is 3.51. The van der Waals surface area contributed by atoms with Gasteiger partial charge in [-0.15, -0.1) is 0 Å². The normalized spacial score (nSPS) is 22.4. The van der Waals surface area contributed by atoms with Crippen LogP contribution in [0.15, 0.2) is 10.6 Å². The van der Waals surface area contributed by atoms with Crippen molar-refractivity contribution >= 4 is 5.97 Å². The standard InChI is InChI=1S/C17H17F3N2O5/c1-8-4-11-12(13(17(18,19)20)15(27-11)16(23)24)14-10(8)6-22(21-14)5-9-7-25-2-3-26-9/h6,8-9H,2-5,7H2,1H3,(H,23,24)/t8-,9-/m0/s1. The summed E-state index contributed by atoms with van der Waals surface area (Å²) in [6, 6.07) is 0. The number of ether oxygens (including phenoxy) is 2. The number of carboxylic acid groups (broad SMARTS) is 1. The first-order valence-electron chi connectivity index (χ1n) is 8.49. The second-order valence-corrected chi connectivity index (χ2v) is 6.74. The Balaban J connectivity index is 1.79. The number of carbonyl (C=O) groups is 1. The first-order valence-corrected chi connectivity index (χ1v) is 8.49. The van der Waals surface area contributed by atoms with Crippen molar-refractivity contribution in [3.05, 3.63) is 28.8 Å². The molecule has 0 unspecified atom stereocenters. The number of aromatic carboxylic acids is 1. The third kappa shape index (κ3) is 3.12. The SMILES string of the molecule is C[C@H]1Cc2oc(C(=O)O)c(C(F)(F)F)c2-c2nn(C[C@H]3COCCO3)cc21. The van der Waals surface area contributed by atoms with E-state index >= 15 is 0 Å². The van der Waals surface area contributed by atoms with Crippen LogP contribution in [-0.2, 0) is 28.6 Å². The van der Waals surface area contributed by atoms with Gasteiger partial charge in [-0.1, -0.05) is 6.92 Å². The van der Waals surface area contributed by atoms with Gasteiger partial charge in [0.05, 0.1) is 37.6 Å². The van der Waals surface area contributed by atoms with E-state index in [9.17, 15) is 18.0 Å². The molecule has 0 aromatic carbocycles. The smallest absolute Gasteiger partial charge is 0.421 e. The van der Waals surface area contributed by atoms with Gasteiger partial charge in [0.15, 0.2) is 0 Å². The highest BCUT2D eigenvalue weighted by molar-refractivity contribution is 5.91. The fourth-order valence-corrected chi connectivity index (χ4v) is 3.62. The highest BCUT2D eigenvalue weighted by atomic mass is 19.4. The lowest BCUT2D eigenvalue weighted by atomic mass is 9.86. The first kappa shape index (κ1) is 18.1. The van der Waals surface area contributed by atoms with Crippen LogP contribution in [-0.4, -0.2) is 46.8 Å². The molecular formula is C17H17F3N2O5. The Kier molecular flexibility index (Phi) is 4.26. The van der Waals surface area contributed by atoms with Gasteiger partial charge < -0.3 is 19.0 Å². The maximum absolute atomic E-state index is 13.6. The molecule has 1 aliphatic heterocycles. The topological polar surface area (TPSA) is 86.7 Å². The lowest BCUT2D eigenvalue weighted by Gasteiger charge is -2.22. The van der Waals surface area contributed by atoms with E-state index in [0.717, 1.165) is 0 Å². The molecule has 0 saturated carbocycles. The van der Waals surface area contributed by atoms with Crippen LogP contribution in [0.4, 0.5) is 13.2 Å². The third-order valence-corrected chi connectivity index (χ3v) is 4.78. The van der Waals surface area contributed by atoms with E-state index in [1.54, 1.807) is 6.20 Å². The van der Waals surface area contributed by atoms with Gasteiger partial charge in [-0.25, -0.2) is 4.79 Å². The first-order chi connectivity index (χ1) is 12.8. The maximum atomic E-state index is 13.6. The van der Waals surface area contributed by atoms with E-state index in [1.165, 1.54) is 4.68 Å². The highest BCUT2D eigenvalue weighted by Crippen LogP contribution is 2.48. The van der Waals surface area contributed by atoms with Gasteiger partial charge >= 0.3 is 12.1 Å². The van der Waals surface area contributed by atoms with E-state index in [1.807, 2.05) is 6.92 Å². The van der Waals surface area contributed by atoms with E-state index < -0.39 is 23.5 Å². The van der Waals surface area contributed by atoms with E-state index in [2.05, 4.69) is 5.10 Å². The average molecular weight is 386 g/mol. The number of nitrogens with zero attached hydrogens (tertiary/aromatic N) is 2. The Hall–Kier alpha value is -2.33. The molecule has 0 amide bonds. The molecule has 2 aromatic heterocycles. The Morgan fingerprint density at radius 1 is 1.41 bits per heavy atom. The van der Waals surface area contributed by atoms with Crippen molar-refractivity contribution < 1.29 is 37.0 Å². The van der Waals surface area contributed by atoms with Crippen molar-refractivity contribution in [1.82, 2.24) is 9.78 Å². The summed E-state index contributed by atoms with van der Waals surface area (Å²) in [7, 11) is 0. The highest BCUT2D eigenvalue weighted by Gasteiger charge is 2.46. The van der Waals surface area contributed by atoms with Crippen molar-refractivity contribution in [3.8, 4) is 11.3 Å². The quantitative estimate of drug-likeness (QED) is 0.873. The number of rotatable bonds is 3. The predicted molar refractivity (Wildman–Crippen MR) is 84.6 cm³/mol. The van der Waals surface area contributed by atoms with E-state index in [4.69, 9.17) is 19.0 Å². The predicted octanol–water partition coefficient (Wildman–Crippen LogP) is 2.94. The Morgan fingerprint density at radius 3 is 2.81 bits per heavy atom. The molecule has 2 aromatic rings. The largest absolute Gasteiger partial charge is 0.475 e. The van der Waals surface area contributed by atoms with Crippen LogP contribution in [0.25, 0.3) is 11.3 Å². The molecule has 27 heavy (non-hydrogen) atoms. The molecule has 0 bridgehead atoms. The van der Waals surface area contributed by atoms with Gasteiger partial charge in [-0.3, -0.25) is 4.68 Å². The number of furan rings is 1. The molecule has 7 nitrogen and oxygen atoms in total. The lowest BCUT2D eigenvalue weighted by molar-refractivity contribution is -0.138. The van der Waals surface area contributed by atoms with Crippen LogP contribution in [0.5, 0.6) is 0 Å². The second kappa shape index (κ2) is 6.38. The summed E-state index contributed by atoms with van der Waals surface area (Å²) in [5, 5.41) is 13.5. The summed E-state index contributed by atoms with van der Waals surface area (Å²) in [5.74, 6) is -3.00. The zero-order chi connectivity index (χ0) is 19.3. The number of aromatic nitrogens is 2. The van der Waals surface area contributed by atoms with Crippen LogP contribution >= 0.6 is 0 Å². The third-order valence-electron chi connectivity index (χ3n) is 4.78. The number of alkyl halides is 3. The molecule has 0 spiro atoms. The van der Waals surface area contributed by atoms with Gasteiger partial charge in [0.25, 0.3) is 0 Å². The molecule has 0 radical (unpaired) electrons. The van der Waals surface area contributed by atoms with E-state index in [0.29, 0.717) is 31.9 Å². The van der Waals surface area contributed by atoms with Gasteiger partial charge in [-0.05, 0) is 5.92 Å². The van der Waals surface area contributed by atoms with Gasteiger partial charge in [-0.2, -0.15) is 18.3 Å². The van der Waals surface area contributed by atoms with Crippen LogP contribution in [0.3, 0.4) is 0 Å². The van der Waals surface area contributed by atoms with Crippen molar-refractivity contribution in [2.75, 3.05) is 19.8 Å². The number of hydrogen-bond donors (Lipinski definition) is 1. The summed E-state index contributed by atoms with van der Waals surface area (Å²) < 4.78 is 58.3. The molecule has 1 fully saturated rings. The lowest BCUT2D eigenvalue weighted by Crippen LogP contribution is -2.32. The molecule has 2 atom stereocenters. The van der Waals surface area contributed by atoms with Gasteiger partial charge in [0, 0.05) is 18.2 Å². The fourth-order valence-electron chi connectivity index (χ4n) is 3.62. The second-order valence-electron chi connectivity index (χ2n) is 6.74. The van der Waals surface area contributed by atoms with Gasteiger partial charge in [0.2, 0.25) is 5.76 Å². The van der Waals surface area contributed by atoms with E-state index in [-0.39, 0.29) is 35.5 Å². The number of halogens is 3. The Bertz CT molecular complexity index is 880. The monoisotopic (exact) mass is 386 g/mol. The summed E-state index contributed by atoms with van der Waals surface area (Å²) in [6.07, 6.45) is -3.25. The van der Waals surface area contributed by atoms with Crippen molar-refractivity contribution in [1.29, 1.82) is 0 Å². The Labute approximate surface area is 151 Å². The summed E-state index contributed by atoms with van der Waals surface area (Å²) >= 11 is 0.